The monoisotopic (exact) mass is 345 g/mol. The Morgan fingerprint density at radius 1 is 1.17 bits per heavy atom. The van der Waals surface area contributed by atoms with E-state index in [1.54, 1.807) is 24.4 Å². The van der Waals surface area contributed by atoms with Gasteiger partial charge in [0.05, 0.1) is 4.90 Å². The Kier molecular flexibility index (Phi) is 4.35. The average molecular weight is 345 g/mol. The van der Waals surface area contributed by atoms with Crippen molar-refractivity contribution in [1.29, 1.82) is 0 Å². The van der Waals surface area contributed by atoms with E-state index in [2.05, 4.69) is 9.71 Å². The second kappa shape index (κ2) is 6.45. The molecule has 1 aromatic heterocycles. The number of nitrogens with zero attached hydrogens (tertiary/aromatic N) is 2. The zero-order valence-electron chi connectivity index (χ0n) is 13.0. The van der Waals surface area contributed by atoms with E-state index in [4.69, 9.17) is 0 Å². The van der Waals surface area contributed by atoms with Crippen molar-refractivity contribution in [3.05, 3.63) is 78.1 Å². The Morgan fingerprint density at radius 2 is 1.92 bits per heavy atom. The first-order chi connectivity index (χ1) is 11.4. The standard InChI is InChI=1S/C17H16FN3O2S/c1-13-19-9-10-21(13)12-14-3-2-4-16(11-14)20-24(22,23)17-7-5-15(18)6-8-17/h2-11,20H,12H2,1H3. The van der Waals surface area contributed by atoms with E-state index in [0.29, 0.717) is 12.2 Å². The second-order valence-corrected chi connectivity index (χ2v) is 7.04. The zero-order chi connectivity index (χ0) is 17.2. The summed E-state index contributed by atoms with van der Waals surface area (Å²) in [5, 5.41) is 0. The molecule has 0 atom stereocenters. The molecule has 0 fully saturated rings. The molecule has 0 unspecified atom stereocenters. The molecule has 124 valence electrons. The van der Waals surface area contributed by atoms with Crippen LogP contribution >= 0.6 is 0 Å². The maximum Gasteiger partial charge on any atom is 0.261 e. The van der Waals surface area contributed by atoms with Crippen LogP contribution in [0.1, 0.15) is 11.4 Å². The van der Waals surface area contributed by atoms with Gasteiger partial charge in [-0.1, -0.05) is 12.1 Å². The zero-order valence-corrected chi connectivity index (χ0v) is 13.8. The maximum absolute atomic E-state index is 12.9. The number of hydrogen-bond donors (Lipinski definition) is 1. The molecule has 0 saturated heterocycles. The smallest absolute Gasteiger partial charge is 0.261 e. The first kappa shape index (κ1) is 16.2. The van der Waals surface area contributed by atoms with Crippen LogP contribution in [0.15, 0.2) is 65.8 Å². The minimum absolute atomic E-state index is 0.0137. The molecule has 3 aromatic rings. The summed E-state index contributed by atoms with van der Waals surface area (Å²) in [5.41, 5.74) is 1.39. The third-order valence-electron chi connectivity index (χ3n) is 3.58. The van der Waals surface area contributed by atoms with Crippen molar-refractivity contribution in [2.45, 2.75) is 18.4 Å². The molecule has 1 N–H and O–H groups in total. The highest BCUT2D eigenvalue weighted by Gasteiger charge is 2.14. The van der Waals surface area contributed by atoms with Crippen molar-refractivity contribution < 1.29 is 12.8 Å². The van der Waals surface area contributed by atoms with Crippen LogP contribution in [0.5, 0.6) is 0 Å². The molecule has 7 heteroatoms. The lowest BCUT2D eigenvalue weighted by Gasteiger charge is -2.10. The van der Waals surface area contributed by atoms with E-state index >= 15 is 0 Å². The minimum Gasteiger partial charge on any atom is -0.331 e. The molecule has 0 aliphatic carbocycles. The lowest BCUT2D eigenvalue weighted by molar-refractivity contribution is 0.599. The van der Waals surface area contributed by atoms with Gasteiger partial charge in [0, 0.05) is 24.6 Å². The van der Waals surface area contributed by atoms with Gasteiger partial charge in [0.25, 0.3) is 10.0 Å². The fraction of sp³-hybridized carbons (Fsp3) is 0.118. The quantitative estimate of drug-likeness (QED) is 0.772. The van der Waals surface area contributed by atoms with Gasteiger partial charge in [-0.15, -0.1) is 0 Å². The van der Waals surface area contributed by atoms with Crippen LogP contribution in [0.25, 0.3) is 0 Å². The largest absolute Gasteiger partial charge is 0.331 e. The van der Waals surface area contributed by atoms with Crippen LogP contribution in [0.2, 0.25) is 0 Å². The number of halogens is 1. The highest BCUT2D eigenvalue weighted by atomic mass is 32.2. The number of anilines is 1. The van der Waals surface area contributed by atoms with E-state index in [-0.39, 0.29) is 4.90 Å². The number of hydrogen-bond acceptors (Lipinski definition) is 3. The number of benzene rings is 2. The van der Waals surface area contributed by atoms with Gasteiger partial charge < -0.3 is 4.57 Å². The molecule has 0 aliphatic heterocycles. The average Bonchev–Trinajstić information content (AvgIpc) is 2.93. The van der Waals surface area contributed by atoms with E-state index in [9.17, 15) is 12.8 Å². The fourth-order valence-corrected chi connectivity index (χ4v) is 3.38. The molecule has 0 radical (unpaired) electrons. The Hall–Kier alpha value is -2.67. The van der Waals surface area contributed by atoms with Crippen LogP contribution in [-0.2, 0) is 16.6 Å². The van der Waals surface area contributed by atoms with Gasteiger partial charge in [0.1, 0.15) is 11.6 Å². The first-order valence-electron chi connectivity index (χ1n) is 7.29. The Bertz CT molecular complexity index is 950. The molecule has 24 heavy (non-hydrogen) atoms. The normalized spacial score (nSPS) is 11.4. The van der Waals surface area contributed by atoms with Gasteiger partial charge in [-0.3, -0.25) is 4.72 Å². The van der Waals surface area contributed by atoms with Crippen molar-refractivity contribution in [3.63, 3.8) is 0 Å². The molecule has 2 aromatic carbocycles. The molecular weight excluding hydrogens is 329 g/mol. The molecule has 0 saturated carbocycles. The molecule has 1 heterocycles. The van der Waals surface area contributed by atoms with Crippen molar-refractivity contribution in [1.82, 2.24) is 9.55 Å². The highest BCUT2D eigenvalue weighted by Crippen LogP contribution is 2.18. The first-order valence-corrected chi connectivity index (χ1v) is 8.77. The molecule has 0 aliphatic rings. The summed E-state index contributed by atoms with van der Waals surface area (Å²) in [6.45, 7) is 2.50. The topological polar surface area (TPSA) is 64.0 Å². The van der Waals surface area contributed by atoms with E-state index in [0.717, 1.165) is 23.5 Å². The molecule has 0 bridgehead atoms. The maximum atomic E-state index is 12.9. The van der Waals surface area contributed by atoms with Gasteiger partial charge in [-0.2, -0.15) is 0 Å². The summed E-state index contributed by atoms with van der Waals surface area (Å²) in [5.74, 6) is 0.402. The summed E-state index contributed by atoms with van der Waals surface area (Å²) in [6, 6.07) is 11.8. The molecule has 3 rings (SSSR count). The van der Waals surface area contributed by atoms with Crippen LogP contribution < -0.4 is 4.72 Å². The van der Waals surface area contributed by atoms with Crippen LogP contribution in [0, 0.1) is 12.7 Å². The van der Waals surface area contributed by atoms with Crippen LogP contribution in [0.4, 0.5) is 10.1 Å². The van der Waals surface area contributed by atoms with Crippen molar-refractivity contribution >= 4 is 15.7 Å². The minimum atomic E-state index is -3.75. The number of imidazole rings is 1. The molecular formula is C17H16FN3O2S. The summed E-state index contributed by atoms with van der Waals surface area (Å²) in [7, 11) is -3.75. The van der Waals surface area contributed by atoms with E-state index < -0.39 is 15.8 Å². The third-order valence-corrected chi connectivity index (χ3v) is 4.98. The van der Waals surface area contributed by atoms with Crippen LogP contribution in [0.3, 0.4) is 0 Å². The Morgan fingerprint density at radius 3 is 2.58 bits per heavy atom. The number of aromatic nitrogens is 2. The predicted molar refractivity (Wildman–Crippen MR) is 89.7 cm³/mol. The van der Waals surface area contributed by atoms with Crippen molar-refractivity contribution in [2.24, 2.45) is 0 Å². The SMILES string of the molecule is Cc1nccn1Cc1cccc(NS(=O)(=O)c2ccc(F)cc2)c1. The predicted octanol–water partition coefficient (Wildman–Crippen LogP) is 3.18. The van der Waals surface area contributed by atoms with Gasteiger partial charge in [0.2, 0.25) is 0 Å². The van der Waals surface area contributed by atoms with Gasteiger partial charge in [-0.25, -0.2) is 17.8 Å². The number of rotatable bonds is 5. The summed E-state index contributed by atoms with van der Waals surface area (Å²) < 4.78 is 42.1. The molecule has 0 spiro atoms. The van der Waals surface area contributed by atoms with Gasteiger partial charge in [-0.05, 0) is 48.9 Å². The number of aryl methyl sites for hydroxylation is 1. The Balaban J connectivity index is 1.81. The van der Waals surface area contributed by atoms with Crippen LogP contribution in [-0.4, -0.2) is 18.0 Å². The summed E-state index contributed by atoms with van der Waals surface area (Å²) in [6.07, 6.45) is 3.58. The molecule has 0 amide bonds. The summed E-state index contributed by atoms with van der Waals surface area (Å²) in [4.78, 5) is 4.18. The lowest BCUT2D eigenvalue weighted by atomic mass is 10.2. The summed E-state index contributed by atoms with van der Waals surface area (Å²) >= 11 is 0. The highest BCUT2D eigenvalue weighted by molar-refractivity contribution is 7.92. The number of nitrogens with one attached hydrogen (secondary N) is 1. The Labute approximate surface area is 139 Å². The third kappa shape index (κ3) is 3.62. The number of sulfonamides is 1. The lowest BCUT2D eigenvalue weighted by Crippen LogP contribution is -2.13. The van der Waals surface area contributed by atoms with E-state index in [1.807, 2.05) is 23.8 Å². The van der Waals surface area contributed by atoms with Crippen molar-refractivity contribution in [2.75, 3.05) is 4.72 Å². The van der Waals surface area contributed by atoms with Crippen molar-refractivity contribution in [3.8, 4) is 0 Å². The van der Waals surface area contributed by atoms with Gasteiger partial charge in [0.15, 0.2) is 0 Å². The van der Waals surface area contributed by atoms with E-state index in [1.165, 1.54) is 12.1 Å². The second-order valence-electron chi connectivity index (χ2n) is 5.36. The fourth-order valence-electron chi connectivity index (χ4n) is 2.33. The van der Waals surface area contributed by atoms with Gasteiger partial charge >= 0.3 is 0 Å². The molecule has 5 nitrogen and oxygen atoms in total.